The number of nitrogens with one attached hydrogen (secondary N) is 1. The zero-order valence-corrected chi connectivity index (χ0v) is 13.2. The van der Waals surface area contributed by atoms with Crippen LogP contribution in [-0.4, -0.2) is 36.3 Å². The van der Waals surface area contributed by atoms with E-state index in [1.165, 1.54) is 0 Å². The van der Waals surface area contributed by atoms with Gasteiger partial charge >= 0.3 is 0 Å². The first-order valence-corrected chi connectivity index (χ1v) is 8.19. The van der Waals surface area contributed by atoms with Crippen molar-refractivity contribution < 1.29 is 9.59 Å². The Bertz CT molecular complexity index is 654. The van der Waals surface area contributed by atoms with Gasteiger partial charge in [-0.2, -0.15) is 5.26 Å². The van der Waals surface area contributed by atoms with Crippen molar-refractivity contribution in [1.29, 1.82) is 5.26 Å². The summed E-state index contributed by atoms with van der Waals surface area (Å²) in [4.78, 5) is 26.1. The van der Waals surface area contributed by atoms with E-state index in [0.29, 0.717) is 30.6 Å². The van der Waals surface area contributed by atoms with Crippen molar-refractivity contribution in [3.05, 3.63) is 35.4 Å². The lowest BCUT2D eigenvalue weighted by atomic mass is 9.73. The molecule has 0 saturated carbocycles. The van der Waals surface area contributed by atoms with E-state index in [9.17, 15) is 9.59 Å². The Morgan fingerprint density at radius 3 is 2.65 bits per heavy atom. The molecular weight excluding hydrogens is 290 g/mol. The van der Waals surface area contributed by atoms with Crippen LogP contribution in [0.2, 0.25) is 0 Å². The Kier molecular flexibility index (Phi) is 4.33. The summed E-state index contributed by atoms with van der Waals surface area (Å²) in [5.74, 6) is 0.0863. The second-order valence-electron chi connectivity index (χ2n) is 6.55. The van der Waals surface area contributed by atoms with Crippen LogP contribution < -0.4 is 5.32 Å². The minimum atomic E-state index is -0.0557. The molecule has 0 aliphatic carbocycles. The van der Waals surface area contributed by atoms with Crippen LogP contribution >= 0.6 is 0 Å². The minimum Gasteiger partial charge on any atom is -0.356 e. The van der Waals surface area contributed by atoms with Gasteiger partial charge < -0.3 is 10.2 Å². The number of hydrogen-bond acceptors (Lipinski definition) is 3. The summed E-state index contributed by atoms with van der Waals surface area (Å²) in [6, 6.07) is 9.06. The Morgan fingerprint density at radius 1 is 1.17 bits per heavy atom. The third-order valence-electron chi connectivity index (χ3n) is 5.25. The number of carbonyl (C=O) groups excluding carboxylic acids is 2. The van der Waals surface area contributed by atoms with Gasteiger partial charge in [0.2, 0.25) is 5.91 Å². The van der Waals surface area contributed by atoms with Gasteiger partial charge in [-0.3, -0.25) is 9.59 Å². The first-order valence-electron chi connectivity index (χ1n) is 8.19. The van der Waals surface area contributed by atoms with Gasteiger partial charge in [-0.25, -0.2) is 0 Å². The van der Waals surface area contributed by atoms with Gasteiger partial charge in [0.1, 0.15) is 0 Å². The molecule has 3 rings (SSSR count). The largest absolute Gasteiger partial charge is 0.356 e. The zero-order valence-electron chi connectivity index (χ0n) is 13.2. The first kappa shape index (κ1) is 15.5. The molecule has 120 valence electrons. The number of nitrogens with zero attached hydrogens (tertiary/aromatic N) is 2. The van der Waals surface area contributed by atoms with E-state index in [2.05, 4.69) is 11.4 Å². The lowest BCUT2D eigenvalue weighted by Crippen LogP contribution is -2.43. The standard InChI is InChI=1S/C18H21N3O2/c19-13-14-3-1-2-4-15(14)17(23)21-11-8-18(9-12-21)6-5-16(22)20-10-7-18/h1-4H,5-12H2,(H,20,22). The number of likely N-dealkylation sites (tertiary alicyclic amines) is 1. The molecule has 1 spiro atoms. The zero-order chi connectivity index (χ0) is 16.3. The molecule has 5 heteroatoms. The number of piperidine rings is 1. The fourth-order valence-corrected chi connectivity index (χ4v) is 3.68. The molecule has 2 aliphatic rings. The summed E-state index contributed by atoms with van der Waals surface area (Å²) < 4.78 is 0. The maximum atomic E-state index is 12.7. The lowest BCUT2D eigenvalue weighted by Gasteiger charge is -2.41. The minimum absolute atomic E-state index is 0.0557. The van der Waals surface area contributed by atoms with Crippen molar-refractivity contribution >= 4 is 11.8 Å². The summed E-state index contributed by atoms with van der Waals surface area (Å²) in [6.45, 7) is 2.14. The molecule has 0 unspecified atom stereocenters. The number of rotatable bonds is 1. The number of hydrogen-bond donors (Lipinski definition) is 1. The van der Waals surface area contributed by atoms with Crippen LogP contribution in [0.25, 0.3) is 0 Å². The Hall–Kier alpha value is -2.35. The van der Waals surface area contributed by atoms with Crippen molar-refractivity contribution in [2.75, 3.05) is 19.6 Å². The molecule has 2 amide bonds. The van der Waals surface area contributed by atoms with Gasteiger partial charge in [-0.1, -0.05) is 12.1 Å². The molecule has 2 heterocycles. The van der Waals surface area contributed by atoms with Crippen molar-refractivity contribution in [3.63, 3.8) is 0 Å². The molecule has 5 nitrogen and oxygen atoms in total. The monoisotopic (exact) mass is 311 g/mol. The molecule has 2 saturated heterocycles. The van der Waals surface area contributed by atoms with Crippen molar-refractivity contribution in [2.45, 2.75) is 32.1 Å². The van der Waals surface area contributed by atoms with E-state index in [4.69, 9.17) is 5.26 Å². The molecular formula is C18H21N3O2. The number of benzene rings is 1. The molecule has 1 aromatic rings. The average Bonchev–Trinajstić information content (AvgIpc) is 2.77. The molecule has 2 aliphatic heterocycles. The Morgan fingerprint density at radius 2 is 1.91 bits per heavy atom. The van der Waals surface area contributed by atoms with E-state index in [1.54, 1.807) is 24.3 Å². The predicted molar refractivity (Wildman–Crippen MR) is 85.6 cm³/mol. The molecule has 0 atom stereocenters. The normalized spacial score (nSPS) is 20.5. The highest BCUT2D eigenvalue weighted by molar-refractivity contribution is 5.96. The smallest absolute Gasteiger partial charge is 0.255 e. The molecule has 1 N–H and O–H groups in total. The van der Waals surface area contributed by atoms with Crippen LogP contribution in [0.1, 0.15) is 48.0 Å². The van der Waals surface area contributed by atoms with Gasteiger partial charge in [0.25, 0.3) is 5.91 Å². The lowest BCUT2D eigenvalue weighted by molar-refractivity contribution is -0.121. The highest BCUT2D eigenvalue weighted by atomic mass is 16.2. The van der Waals surface area contributed by atoms with Gasteiger partial charge in [0.15, 0.2) is 0 Å². The van der Waals surface area contributed by atoms with E-state index >= 15 is 0 Å². The second-order valence-corrected chi connectivity index (χ2v) is 6.55. The molecule has 0 radical (unpaired) electrons. The second kappa shape index (κ2) is 6.41. The van der Waals surface area contributed by atoms with E-state index in [-0.39, 0.29) is 17.2 Å². The van der Waals surface area contributed by atoms with Crippen LogP contribution in [0, 0.1) is 16.7 Å². The fourth-order valence-electron chi connectivity index (χ4n) is 3.68. The average molecular weight is 311 g/mol. The molecule has 0 aromatic heterocycles. The number of amides is 2. The molecule has 2 fully saturated rings. The van der Waals surface area contributed by atoms with E-state index < -0.39 is 0 Å². The Balaban J connectivity index is 1.68. The van der Waals surface area contributed by atoms with Crippen molar-refractivity contribution in [3.8, 4) is 6.07 Å². The number of carbonyl (C=O) groups is 2. The van der Waals surface area contributed by atoms with Crippen molar-refractivity contribution in [1.82, 2.24) is 10.2 Å². The third-order valence-corrected chi connectivity index (χ3v) is 5.25. The quantitative estimate of drug-likeness (QED) is 0.863. The maximum absolute atomic E-state index is 12.7. The van der Waals surface area contributed by atoms with Gasteiger partial charge in [0.05, 0.1) is 17.2 Å². The summed E-state index contributed by atoms with van der Waals surface area (Å²) in [6.07, 6.45) is 4.36. The highest BCUT2D eigenvalue weighted by Crippen LogP contribution is 2.40. The van der Waals surface area contributed by atoms with E-state index in [0.717, 1.165) is 32.2 Å². The topological polar surface area (TPSA) is 73.2 Å². The van der Waals surface area contributed by atoms with Crippen LogP contribution in [0.5, 0.6) is 0 Å². The summed E-state index contributed by atoms with van der Waals surface area (Å²) >= 11 is 0. The van der Waals surface area contributed by atoms with Gasteiger partial charge in [-0.15, -0.1) is 0 Å². The summed E-state index contributed by atoms with van der Waals surface area (Å²) in [5.41, 5.74) is 1.11. The van der Waals surface area contributed by atoms with Crippen molar-refractivity contribution in [2.24, 2.45) is 5.41 Å². The fraction of sp³-hybridized carbons (Fsp3) is 0.500. The molecule has 1 aromatic carbocycles. The van der Waals surface area contributed by atoms with Crippen LogP contribution in [0.4, 0.5) is 0 Å². The SMILES string of the molecule is N#Cc1ccccc1C(=O)N1CCC2(CCNC(=O)CC2)CC1. The summed E-state index contributed by atoms with van der Waals surface area (Å²) in [7, 11) is 0. The number of nitriles is 1. The van der Waals surface area contributed by atoms with E-state index in [1.807, 2.05) is 4.90 Å². The highest BCUT2D eigenvalue weighted by Gasteiger charge is 2.37. The molecule has 0 bridgehead atoms. The maximum Gasteiger partial charge on any atom is 0.255 e. The van der Waals surface area contributed by atoms with Gasteiger partial charge in [0, 0.05) is 26.1 Å². The van der Waals surface area contributed by atoms with Crippen LogP contribution in [-0.2, 0) is 4.79 Å². The van der Waals surface area contributed by atoms with Gasteiger partial charge in [-0.05, 0) is 43.2 Å². The Labute approximate surface area is 136 Å². The first-order chi connectivity index (χ1) is 11.1. The molecule has 23 heavy (non-hydrogen) atoms. The summed E-state index contributed by atoms with van der Waals surface area (Å²) in [5, 5.41) is 12.1. The predicted octanol–water partition coefficient (Wildman–Crippen LogP) is 2.08. The third kappa shape index (κ3) is 3.21. The van der Waals surface area contributed by atoms with Crippen LogP contribution in [0.15, 0.2) is 24.3 Å². The van der Waals surface area contributed by atoms with Crippen LogP contribution in [0.3, 0.4) is 0 Å².